The predicted octanol–water partition coefficient (Wildman–Crippen LogP) is -0.656. The van der Waals surface area contributed by atoms with Crippen molar-refractivity contribution in [3.8, 4) is 0 Å². The summed E-state index contributed by atoms with van der Waals surface area (Å²) in [7, 11) is 0. The largest absolute Gasteiger partial charge is 0.388 e. The summed E-state index contributed by atoms with van der Waals surface area (Å²) in [5.74, 6) is -0.599. The van der Waals surface area contributed by atoms with Crippen LogP contribution in [0.2, 0.25) is 0 Å². The van der Waals surface area contributed by atoms with Gasteiger partial charge in [-0.3, -0.25) is 14.6 Å². The standard InChI is InChI=1S/C11H17N3O4/c1-3-11(18,4-2)6-12-9(16)7-5-8(15)14-10(17)13-7/h5,18H,3-4,6H2,1-2H3,(H,12,16)(H2,13,14,15,17). The molecular weight excluding hydrogens is 238 g/mol. The molecule has 1 heterocycles. The van der Waals surface area contributed by atoms with E-state index in [4.69, 9.17) is 0 Å². The summed E-state index contributed by atoms with van der Waals surface area (Å²) < 4.78 is 0. The quantitative estimate of drug-likeness (QED) is 0.559. The molecule has 4 N–H and O–H groups in total. The van der Waals surface area contributed by atoms with Gasteiger partial charge in [-0.2, -0.15) is 0 Å². The summed E-state index contributed by atoms with van der Waals surface area (Å²) in [4.78, 5) is 37.9. The van der Waals surface area contributed by atoms with E-state index in [1.807, 2.05) is 18.8 Å². The van der Waals surface area contributed by atoms with Gasteiger partial charge in [0.15, 0.2) is 0 Å². The monoisotopic (exact) mass is 255 g/mol. The van der Waals surface area contributed by atoms with Crippen molar-refractivity contribution in [2.75, 3.05) is 6.54 Å². The second-order valence-corrected chi connectivity index (χ2v) is 4.12. The molecule has 0 aliphatic carbocycles. The normalized spacial score (nSPS) is 11.3. The molecule has 0 unspecified atom stereocenters. The molecule has 0 bridgehead atoms. The van der Waals surface area contributed by atoms with Crippen LogP contribution < -0.4 is 16.6 Å². The van der Waals surface area contributed by atoms with Gasteiger partial charge in [0, 0.05) is 12.6 Å². The maximum absolute atomic E-state index is 11.7. The molecule has 0 saturated heterocycles. The molecule has 1 amide bonds. The van der Waals surface area contributed by atoms with E-state index in [-0.39, 0.29) is 12.2 Å². The zero-order valence-corrected chi connectivity index (χ0v) is 10.4. The summed E-state index contributed by atoms with van der Waals surface area (Å²) >= 11 is 0. The Bertz CT molecular complexity index is 499. The van der Waals surface area contributed by atoms with Gasteiger partial charge in [0.2, 0.25) is 0 Å². The van der Waals surface area contributed by atoms with Crippen molar-refractivity contribution >= 4 is 5.91 Å². The molecule has 1 rings (SSSR count). The van der Waals surface area contributed by atoms with E-state index < -0.39 is 22.8 Å². The third-order valence-electron chi connectivity index (χ3n) is 2.90. The van der Waals surface area contributed by atoms with E-state index in [2.05, 4.69) is 10.3 Å². The Morgan fingerprint density at radius 2 is 1.94 bits per heavy atom. The van der Waals surface area contributed by atoms with Gasteiger partial charge >= 0.3 is 5.69 Å². The van der Waals surface area contributed by atoms with Crippen LogP contribution in [0, 0.1) is 0 Å². The first-order valence-electron chi connectivity index (χ1n) is 5.74. The summed E-state index contributed by atoms with van der Waals surface area (Å²) in [5, 5.41) is 12.5. The molecule has 7 nitrogen and oxygen atoms in total. The van der Waals surface area contributed by atoms with Crippen LogP contribution in [-0.2, 0) is 0 Å². The summed E-state index contributed by atoms with van der Waals surface area (Å²) in [6.07, 6.45) is 0.991. The fourth-order valence-corrected chi connectivity index (χ4v) is 1.43. The Morgan fingerprint density at radius 1 is 1.33 bits per heavy atom. The zero-order chi connectivity index (χ0) is 13.8. The van der Waals surface area contributed by atoms with Crippen LogP contribution >= 0.6 is 0 Å². The number of aromatic nitrogens is 2. The van der Waals surface area contributed by atoms with Crippen molar-refractivity contribution in [1.29, 1.82) is 0 Å². The molecule has 0 spiro atoms. The zero-order valence-electron chi connectivity index (χ0n) is 10.4. The van der Waals surface area contributed by atoms with E-state index in [1.165, 1.54) is 0 Å². The van der Waals surface area contributed by atoms with Crippen LogP contribution in [0.3, 0.4) is 0 Å². The molecule has 0 atom stereocenters. The van der Waals surface area contributed by atoms with Crippen LogP contribution in [0.5, 0.6) is 0 Å². The molecule has 0 aliphatic rings. The molecule has 7 heteroatoms. The van der Waals surface area contributed by atoms with Gasteiger partial charge in [-0.05, 0) is 12.8 Å². The highest BCUT2D eigenvalue weighted by Crippen LogP contribution is 2.12. The number of hydrogen-bond acceptors (Lipinski definition) is 4. The number of nitrogens with one attached hydrogen (secondary N) is 3. The lowest BCUT2D eigenvalue weighted by Gasteiger charge is -2.25. The van der Waals surface area contributed by atoms with Crippen molar-refractivity contribution in [1.82, 2.24) is 15.3 Å². The molecular formula is C11H17N3O4. The highest BCUT2D eigenvalue weighted by molar-refractivity contribution is 5.92. The lowest BCUT2D eigenvalue weighted by atomic mass is 9.97. The minimum absolute atomic E-state index is 0.0632. The molecule has 0 fully saturated rings. The minimum Gasteiger partial charge on any atom is -0.388 e. The Morgan fingerprint density at radius 3 is 2.44 bits per heavy atom. The van der Waals surface area contributed by atoms with Crippen molar-refractivity contribution < 1.29 is 9.90 Å². The van der Waals surface area contributed by atoms with E-state index in [0.717, 1.165) is 6.07 Å². The number of aliphatic hydroxyl groups is 1. The first-order chi connectivity index (χ1) is 8.40. The van der Waals surface area contributed by atoms with E-state index in [1.54, 1.807) is 0 Å². The minimum atomic E-state index is -0.975. The number of amides is 1. The van der Waals surface area contributed by atoms with Gasteiger partial charge < -0.3 is 15.4 Å². The fourth-order valence-electron chi connectivity index (χ4n) is 1.43. The first-order valence-corrected chi connectivity index (χ1v) is 5.74. The van der Waals surface area contributed by atoms with Crippen molar-refractivity contribution in [2.24, 2.45) is 0 Å². The second kappa shape index (κ2) is 5.63. The molecule has 0 aliphatic heterocycles. The van der Waals surface area contributed by atoms with Crippen LogP contribution in [0.25, 0.3) is 0 Å². The van der Waals surface area contributed by atoms with E-state index >= 15 is 0 Å². The Hall–Kier alpha value is -1.89. The number of carbonyl (C=O) groups is 1. The maximum Gasteiger partial charge on any atom is 0.326 e. The number of carbonyl (C=O) groups excluding carboxylic acids is 1. The number of aromatic amines is 2. The van der Waals surface area contributed by atoms with Gasteiger partial charge in [0.1, 0.15) is 5.69 Å². The number of rotatable bonds is 5. The number of hydrogen-bond donors (Lipinski definition) is 4. The van der Waals surface area contributed by atoms with Crippen LogP contribution in [0.4, 0.5) is 0 Å². The smallest absolute Gasteiger partial charge is 0.326 e. The molecule has 0 saturated carbocycles. The fraction of sp³-hybridized carbons (Fsp3) is 0.545. The van der Waals surface area contributed by atoms with Crippen LogP contribution in [0.1, 0.15) is 37.2 Å². The van der Waals surface area contributed by atoms with Gasteiger partial charge in [-0.25, -0.2) is 4.79 Å². The summed E-state index contributed by atoms with van der Waals surface area (Å²) in [6.45, 7) is 3.68. The molecule has 0 radical (unpaired) electrons. The van der Waals surface area contributed by atoms with Crippen LogP contribution in [0.15, 0.2) is 15.7 Å². The third-order valence-corrected chi connectivity index (χ3v) is 2.90. The molecule has 1 aromatic heterocycles. The Kier molecular flexibility index (Phi) is 4.43. The lowest BCUT2D eigenvalue weighted by Crippen LogP contribution is -2.43. The SMILES string of the molecule is CCC(O)(CC)CNC(=O)c1cc(=O)[nH]c(=O)[nH]1. The third kappa shape index (κ3) is 3.56. The van der Waals surface area contributed by atoms with Gasteiger partial charge in [-0.15, -0.1) is 0 Å². The molecule has 18 heavy (non-hydrogen) atoms. The van der Waals surface area contributed by atoms with Crippen molar-refractivity contribution in [3.63, 3.8) is 0 Å². The van der Waals surface area contributed by atoms with Gasteiger partial charge in [-0.1, -0.05) is 13.8 Å². The first kappa shape index (κ1) is 14.2. The van der Waals surface area contributed by atoms with Gasteiger partial charge in [0.25, 0.3) is 11.5 Å². The molecule has 1 aromatic rings. The van der Waals surface area contributed by atoms with Crippen LogP contribution in [-0.4, -0.2) is 33.1 Å². The number of H-pyrrole nitrogens is 2. The van der Waals surface area contributed by atoms with Crippen molar-refractivity contribution in [3.05, 3.63) is 32.6 Å². The highest BCUT2D eigenvalue weighted by atomic mass is 16.3. The maximum atomic E-state index is 11.7. The van der Waals surface area contributed by atoms with Gasteiger partial charge in [0.05, 0.1) is 5.60 Å². The second-order valence-electron chi connectivity index (χ2n) is 4.12. The highest BCUT2D eigenvalue weighted by Gasteiger charge is 2.23. The topological polar surface area (TPSA) is 115 Å². The summed E-state index contributed by atoms with van der Waals surface area (Å²) in [5.41, 5.74) is -2.49. The Balaban J connectivity index is 2.77. The molecule has 0 aromatic carbocycles. The van der Waals surface area contributed by atoms with Crippen molar-refractivity contribution in [2.45, 2.75) is 32.3 Å². The predicted molar refractivity (Wildman–Crippen MR) is 65.5 cm³/mol. The van der Waals surface area contributed by atoms with E-state index in [0.29, 0.717) is 12.8 Å². The molecule has 100 valence electrons. The average molecular weight is 255 g/mol. The average Bonchev–Trinajstić information content (AvgIpc) is 2.34. The summed E-state index contributed by atoms with van der Waals surface area (Å²) in [6, 6.07) is 0.994. The lowest BCUT2D eigenvalue weighted by molar-refractivity contribution is 0.0313. The van der Waals surface area contributed by atoms with E-state index in [9.17, 15) is 19.5 Å². The Labute approximate surface area is 103 Å².